The van der Waals surface area contributed by atoms with Crippen LogP contribution in [-0.2, 0) is 19.0 Å². The number of aromatic nitrogens is 2. The number of rotatable bonds is 4. The first-order valence-electron chi connectivity index (χ1n) is 8.32. The minimum absolute atomic E-state index is 0.125. The van der Waals surface area contributed by atoms with E-state index >= 15 is 0 Å². The highest BCUT2D eigenvalue weighted by molar-refractivity contribution is 6.05. The molecule has 1 N–H and O–H groups in total. The van der Waals surface area contributed by atoms with Crippen molar-refractivity contribution in [3.8, 4) is 0 Å². The molecule has 136 valence electrons. The summed E-state index contributed by atoms with van der Waals surface area (Å²) in [7, 11) is 0. The van der Waals surface area contributed by atoms with Crippen LogP contribution in [0.15, 0.2) is 42.6 Å². The number of alkyl halides is 3. The van der Waals surface area contributed by atoms with Crippen molar-refractivity contribution in [3.05, 3.63) is 65.1 Å². The number of pyridine rings is 1. The van der Waals surface area contributed by atoms with E-state index in [1.54, 1.807) is 12.1 Å². The van der Waals surface area contributed by atoms with Crippen LogP contribution in [0.1, 0.15) is 41.2 Å². The first-order chi connectivity index (χ1) is 12.3. The second kappa shape index (κ2) is 6.82. The van der Waals surface area contributed by atoms with Gasteiger partial charge in [-0.3, -0.25) is 9.20 Å². The molecule has 4 nitrogen and oxygen atoms in total. The third-order valence-corrected chi connectivity index (χ3v) is 4.21. The number of carbonyl (C=O) groups excluding carboxylic acids is 1. The maximum Gasteiger partial charge on any atom is 0.417 e. The van der Waals surface area contributed by atoms with Gasteiger partial charge < -0.3 is 5.32 Å². The minimum Gasteiger partial charge on any atom is -0.320 e. The molecule has 0 saturated heterocycles. The van der Waals surface area contributed by atoms with Crippen LogP contribution >= 0.6 is 0 Å². The van der Waals surface area contributed by atoms with Gasteiger partial charge in [-0.2, -0.15) is 13.2 Å². The van der Waals surface area contributed by atoms with Gasteiger partial charge in [-0.15, -0.1) is 0 Å². The molecule has 0 saturated carbocycles. The Labute approximate surface area is 148 Å². The molecule has 0 unspecified atom stereocenters. The molecular formula is C19H18F3N3O. The van der Waals surface area contributed by atoms with Crippen LogP contribution < -0.4 is 5.32 Å². The molecule has 0 aliphatic heterocycles. The topological polar surface area (TPSA) is 46.4 Å². The van der Waals surface area contributed by atoms with Crippen molar-refractivity contribution in [2.24, 2.45) is 0 Å². The normalized spacial score (nSPS) is 11.7. The van der Waals surface area contributed by atoms with Crippen LogP contribution in [0.25, 0.3) is 5.65 Å². The molecule has 0 atom stereocenters. The molecule has 26 heavy (non-hydrogen) atoms. The third kappa shape index (κ3) is 3.29. The van der Waals surface area contributed by atoms with Gasteiger partial charge in [0.2, 0.25) is 0 Å². The van der Waals surface area contributed by atoms with Crippen molar-refractivity contribution in [1.82, 2.24) is 9.38 Å². The number of benzene rings is 1. The summed E-state index contributed by atoms with van der Waals surface area (Å²) in [5.41, 5.74) is 1.65. The van der Waals surface area contributed by atoms with Gasteiger partial charge in [0.05, 0.1) is 11.3 Å². The number of nitrogens with zero attached hydrogens (tertiary/aromatic N) is 2. The Hall–Kier alpha value is -2.83. The highest BCUT2D eigenvalue weighted by Crippen LogP contribution is 2.30. The summed E-state index contributed by atoms with van der Waals surface area (Å²) in [4.78, 5) is 17.1. The predicted molar refractivity (Wildman–Crippen MR) is 93.3 cm³/mol. The van der Waals surface area contributed by atoms with E-state index in [9.17, 15) is 18.0 Å². The van der Waals surface area contributed by atoms with Gasteiger partial charge in [-0.05, 0) is 36.6 Å². The molecule has 1 aromatic carbocycles. The number of nitrogens with one attached hydrogen (secondary N) is 1. The quantitative estimate of drug-likeness (QED) is 0.730. The maximum absolute atomic E-state index is 13.0. The van der Waals surface area contributed by atoms with E-state index in [0.29, 0.717) is 23.4 Å². The van der Waals surface area contributed by atoms with Gasteiger partial charge in [0.15, 0.2) is 0 Å². The molecular weight excluding hydrogens is 343 g/mol. The highest BCUT2D eigenvalue weighted by Gasteiger charge is 2.31. The lowest BCUT2D eigenvalue weighted by Gasteiger charge is -2.11. The molecule has 0 fully saturated rings. The summed E-state index contributed by atoms with van der Waals surface area (Å²) in [5.74, 6) is -0.477. The van der Waals surface area contributed by atoms with E-state index in [-0.39, 0.29) is 5.69 Å². The van der Waals surface area contributed by atoms with Crippen LogP contribution in [0.5, 0.6) is 0 Å². The number of halogens is 3. The van der Waals surface area contributed by atoms with Crippen molar-refractivity contribution < 1.29 is 18.0 Å². The second-order valence-electron chi connectivity index (χ2n) is 5.87. The van der Waals surface area contributed by atoms with Crippen LogP contribution in [0.2, 0.25) is 0 Å². The summed E-state index contributed by atoms with van der Waals surface area (Å²) in [6.45, 7) is 3.77. The van der Waals surface area contributed by atoms with E-state index in [2.05, 4.69) is 10.3 Å². The number of amides is 1. The Bertz CT molecular complexity index is 960. The zero-order chi connectivity index (χ0) is 18.9. The van der Waals surface area contributed by atoms with E-state index in [1.807, 2.05) is 26.0 Å². The number of carbonyl (C=O) groups is 1. The third-order valence-electron chi connectivity index (χ3n) is 4.21. The summed E-state index contributed by atoms with van der Waals surface area (Å²) >= 11 is 0. The standard InChI is InChI=1S/C19H18F3N3O/c1-3-12-7-5-6-8-15(12)24-18(26)17-14(4-2)23-16-10-9-13(11-25(16)17)19(20,21)22/h5-11H,3-4H2,1-2H3,(H,24,26). The molecule has 0 bridgehead atoms. The Morgan fingerprint density at radius 2 is 1.85 bits per heavy atom. The van der Waals surface area contributed by atoms with Gasteiger partial charge >= 0.3 is 6.18 Å². The van der Waals surface area contributed by atoms with Gasteiger partial charge in [-0.1, -0.05) is 32.0 Å². The minimum atomic E-state index is -4.49. The number of fused-ring (bicyclic) bond motifs is 1. The fourth-order valence-electron chi connectivity index (χ4n) is 2.88. The molecule has 0 spiro atoms. The maximum atomic E-state index is 13.0. The molecule has 7 heteroatoms. The van der Waals surface area contributed by atoms with Gasteiger partial charge in [-0.25, -0.2) is 4.98 Å². The highest BCUT2D eigenvalue weighted by atomic mass is 19.4. The number of aryl methyl sites for hydroxylation is 2. The summed E-state index contributed by atoms with van der Waals surface area (Å²) < 4.78 is 40.4. The van der Waals surface area contributed by atoms with Crippen molar-refractivity contribution in [3.63, 3.8) is 0 Å². The number of hydrogen-bond acceptors (Lipinski definition) is 2. The van der Waals surface area contributed by atoms with Crippen molar-refractivity contribution in [1.29, 1.82) is 0 Å². The number of imidazole rings is 1. The monoisotopic (exact) mass is 361 g/mol. The molecule has 2 heterocycles. The summed E-state index contributed by atoms with van der Waals surface area (Å²) in [5, 5.41) is 2.81. The fourth-order valence-corrected chi connectivity index (χ4v) is 2.88. The fraction of sp³-hybridized carbons (Fsp3) is 0.263. The second-order valence-corrected chi connectivity index (χ2v) is 5.87. The number of hydrogen-bond donors (Lipinski definition) is 1. The summed E-state index contributed by atoms with van der Waals surface area (Å²) in [6, 6.07) is 9.58. The molecule has 3 rings (SSSR count). The van der Waals surface area contributed by atoms with Crippen LogP contribution in [0, 0.1) is 0 Å². The van der Waals surface area contributed by atoms with Crippen LogP contribution in [-0.4, -0.2) is 15.3 Å². The Balaban J connectivity index is 2.08. The Morgan fingerprint density at radius 3 is 2.50 bits per heavy atom. The van der Waals surface area contributed by atoms with E-state index < -0.39 is 17.6 Å². The zero-order valence-electron chi connectivity index (χ0n) is 14.4. The number of anilines is 1. The first-order valence-corrected chi connectivity index (χ1v) is 8.32. The van der Waals surface area contributed by atoms with Crippen molar-refractivity contribution in [2.45, 2.75) is 32.9 Å². The number of para-hydroxylation sites is 1. The van der Waals surface area contributed by atoms with E-state index in [4.69, 9.17) is 0 Å². The van der Waals surface area contributed by atoms with Crippen LogP contribution in [0.4, 0.5) is 18.9 Å². The van der Waals surface area contributed by atoms with Gasteiger partial charge in [0.1, 0.15) is 11.3 Å². The molecule has 1 amide bonds. The van der Waals surface area contributed by atoms with Crippen molar-refractivity contribution in [2.75, 3.05) is 5.32 Å². The lowest BCUT2D eigenvalue weighted by molar-refractivity contribution is -0.137. The largest absolute Gasteiger partial charge is 0.417 e. The van der Waals surface area contributed by atoms with Crippen molar-refractivity contribution >= 4 is 17.2 Å². The molecule has 0 aliphatic rings. The average Bonchev–Trinajstić information content (AvgIpc) is 2.99. The predicted octanol–water partition coefficient (Wildman–Crippen LogP) is 4.73. The first kappa shape index (κ1) is 18.0. The molecule has 0 radical (unpaired) electrons. The Morgan fingerprint density at radius 1 is 1.12 bits per heavy atom. The lowest BCUT2D eigenvalue weighted by atomic mass is 10.1. The van der Waals surface area contributed by atoms with Crippen LogP contribution in [0.3, 0.4) is 0 Å². The van der Waals surface area contributed by atoms with E-state index in [0.717, 1.165) is 24.2 Å². The lowest BCUT2D eigenvalue weighted by Crippen LogP contribution is -2.18. The smallest absolute Gasteiger partial charge is 0.320 e. The average molecular weight is 361 g/mol. The SMILES string of the molecule is CCc1ccccc1NC(=O)c1c(CC)nc2ccc(C(F)(F)F)cn12. The zero-order valence-corrected chi connectivity index (χ0v) is 14.4. The van der Waals surface area contributed by atoms with E-state index in [1.165, 1.54) is 10.5 Å². The molecule has 2 aromatic heterocycles. The van der Waals surface area contributed by atoms with Gasteiger partial charge in [0.25, 0.3) is 5.91 Å². The molecule has 0 aliphatic carbocycles. The molecule has 3 aromatic rings. The Kier molecular flexibility index (Phi) is 4.71. The van der Waals surface area contributed by atoms with Gasteiger partial charge in [0, 0.05) is 11.9 Å². The summed E-state index contributed by atoms with van der Waals surface area (Å²) in [6.07, 6.45) is -2.42.